The summed E-state index contributed by atoms with van der Waals surface area (Å²) in [7, 11) is 0. The molecule has 2 N–H and O–H groups in total. The second-order valence-corrected chi connectivity index (χ2v) is 5.55. The van der Waals surface area contributed by atoms with Crippen LogP contribution in [-0.2, 0) is 6.54 Å². The molecule has 100 valence electrons. The largest absolute Gasteiger partial charge is 0.396 e. The number of hydrogen-bond donors (Lipinski definition) is 2. The highest BCUT2D eigenvalue weighted by atomic mass is 16.3. The summed E-state index contributed by atoms with van der Waals surface area (Å²) < 4.78 is 0. The third-order valence-corrected chi connectivity index (χ3v) is 2.66. The lowest BCUT2D eigenvalue weighted by Gasteiger charge is -2.20. The Labute approximate surface area is 109 Å². The summed E-state index contributed by atoms with van der Waals surface area (Å²) in [5.41, 5.74) is 1.99. The van der Waals surface area contributed by atoms with Gasteiger partial charge in [0.25, 0.3) is 0 Å². The van der Waals surface area contributed by atoms with Crippen LogP contribution in [0, 0.1) is 0 Å². The van der Waals surface area contributed by atoms with E-state index in [0.717, 1.165) is 12.1 Å². The van der Waals surface area contributed by atoms with E-state index in [4.69, 9.17) is 5.11 Å². The first kappa shape index (κ1) is 14.9. The van der Waals surface area contributed by atoms with Crippen molar-refractivity contribution >= 4 is 5.78 Å². The Hall–Kier alpha value is -1.19. The van der Waals surface area contributed by atoms with Gasteiger partial charge >= 0.3 is 0 Å². The van der Waals surface area contributed by atoms with E-state index in [1.54, 1.807) is 0 Å². The van der Waals surface area contributed by atoms with Gasteiger partial charge in [-0.1, -0.05) is 24.3 Å². The second-order valence-electron chi connectivity index (χ2n) is 5.55. The van der Waals surface area contributed by atoms with Crippen molar-refractivity contribution in [3.8, 4) is 0 Å². The molecule has 0 saturated heterocycles. The van der Waals surface area contributed by atoms with Crippen LogP contribution in [0.25, 0.3) is 0 Å². The van der Waals surface area contributed by atoms with Crippen LogP contribution in [0.15, 0.2) is 24.3 Å². The van der Waals surface area contributed by atoms with E-state index in [1.807, 2.05) is 24.3 Å². The molecule has 0 aliphatic carbocycles. The van der Waals surface area contributed by atoms with Crippen LogP contribution in [0.1, 0.15) is 49.5 Å². The van der Waals surface area contributed by atoms with Crippen molar-refractivity contribution in [3.63, 3.8) is 0 Å². The minimum absolute atomic E-state index is 0.0688. The molecule has 3 heteroatoms. The predicted molar refractivity (Wildman–Crippen MR) is 73.7 cm³/mol. The third kappa shape index (κ3) is 5.43. The Bertz CT molecular complexity index is 376. The number of rotatable bonds is 6. The maximum Gasteiger partial charge on any atom is 0.162 e. The Morgan fingerprint density at radius 1 is 1.22 bits per heavy atom. The van der Waals surface area contributed by atoms with E-state index < -0.39 is 0 Å². The van der Waals surface area contributed by atoms with Crippen LogP contribution in [0.5, 0.6) is 0 Å². The van der Waals surface area contributed by atoms with Crippen LogP contribution >= 0.6 is 0 Å². The number of aliphatic hydroxyl groups excluding tert-OH is 1. The summed E-state index contributed by atoms with van der Waals surface area (Å²) in [5.74, 6) is 0.0966. The lowest BCUT2D eigenvalue weighted by molar-refractivity contribution is 0.0971. The van der Waals surface area contributed by atoms with Crippen molar-refractivity contribution in [2.45, 2.75) is 45.7 Å². The molecule has 1 aromatic carbocycles. The van der Waals surface area contributed by atoms with E-state index in [9.17, 15) is 4.79 Å². The Morgan fingerprint density at radius 3 is 2.33 bits per heavy atom. The molecule has 0 saturated carbocycles. The number of aliphatic hydroxyl groups is 1. The molecule has 0 amide bonds. The summed E-state index contributed by atoms with van der Waals surface area (Å²) in [6, 6.07) is 7.68. The smallest absolute Gasteiger partial charge is 0.162 e. The number of ketones is 1. The quantitative estimate of drug-likeness (QED) is 0.762. The second kappa shape index (κ2) is 6.66. The summed E-state index contributed by atoms with van der Waals surface area (Å²) in [6.07, 6.45) is 0.947. The lowest BCUT2D eigenvalue weighted by Crippen LogP contribution is -2.35. The molecule has 0 bridgehead atoms. The predicted octanol–water partition coefficient (Wildman–Crippen LogP) is 2.53. The summed E-state index contributed by atoms with van der Waals surface area (Å²) in [5, 5.41) is 12.1. The van der Waals surface area contributed by atoms with E-state index >= 15 is 0 Å². The zero-order valence-corrected chi connectivity index (χ0v) is 11.5. The molecule has 1 rings (SSSR count). The Kier molecular flexibility index (Phi) is 5.51. The molecule has 0 spiro atoms. The highest BCUT2D eigenvalue weighted by molar-refractivity contribution is 5.96. The zero-order valence-electron chi connectivity index (χ0n) is 11.5. The van der Waals surface area contributed by atoms with Crippen LogP contribution in [0.2, 0.25) is 0 Å². The van der Waals surface area contributed by atoms with E-state index in [0.29, 0.717) is 12.8 Å². The fraction of sp³-hybridized carbons (Fsp3) is 0.533. The van der Waals surface area contributed by atoms with Gasteiger partial charge in [0.2, 0.25) is 0 Å². The maximum absolute atomic E-state index is 11.7. The van der Waals surface area contributed by atoms with Gasteiger partial charge in [0.05, 0.1) is 0 Å². The van der Waals surface area contributed by atoms with E-state index in [-0.39, 0.29) is 17.9 Å². The van der Waals surface area contributed by atoms with Gasteiger partial charge in [0.15, 0.2) is 5.78 Å². The molecule has 18 heavy (non-hydrogen) atoms. The van der Waals surface area contributed by atoms with Crippen molar-refractivity contribution in [3.05, 3.63) is 35.4 Å². The van der Waals surface area contributed by atoms with Gasteiger partial charge in [0, 0.05) is 30.7 Å². The van der Waals surface area contributed by atoms with Crippen molar-refractivity contribution in [1.82, 2.24) is 5.32 Å². The van der Waals surface area contributed by atoms with Crippen molar-refractivity contribution < 1.29 is 9.90 Å². The first-order valence-corrected chi connectivity index (χ1v) is 6.40. The number of carbonyl (C=O) groups is 1. The summed E-state index contributed by atoms with van der Waals surface area (Å²) >= 11 is 0. The molecule has 0 aliphatic heterocycles. The average molecular weight is 249 g/mol. The molecule has 0 aromatic heterocycles. The molecule has 0 atom stereocenters. The number of benzene rings is 1. The first-order chi connectivity index (χ1) is 8.42. The molecule has 0 radical (unpaired) electrons. The minimum atomic E-state index is 0.0688. The average Bonchev–Trinajstić information content (AvgIpc) is 2.33. The van der Waals surface area contributed by atoms with E-state index in [1.165, 1.54) is 5.56 Å². The van der Waals surface area contributed by atoms with Crippen LogP contribution in [0.3, 0.4) is 0 Å². The molecular weight excluding hydrogens is 226 g/mol. The molecule has 0 fully saturated rings. The molecular formula is C15H23NO2. The van der Waals surface area contributed by atoms with Crippen LogP contribution in [0.4, 0.5) is 0 Å². The minimum Gasteiger partial charge on any atom is -0.396 e. The summed E-state index contributed by atoms with van der Waals surface area (Å²) in [4.78, 5) is 11.7. The van der Waals surface area contributed by atoms with Gasteiger partial charge in [-0.05, 0) is 32.8 Å². The molecule has 3 nitrogen and oxygen atoms in total. The standard InChI is InChI=1S/C15H23NO2/c1-15(2,3)16-11-12-6-8-13(9-7-12)14(18)5-4-10-17/h6-9,16-17H,4-5,10-11H2,1-3H3. The molecule has 0 heterocycles. The van der Waals surface area contributed by atoms with Crippen molar-refractivity contribution in [2.24, 2.45) is 0 Å². The first-order valence-electron chi connectivity index (χ1n) is 6.40. The van der Waals surface area contributed by atoms with Crippen LogP contribution < -0.4 is 5.32 Å². The SMILES string of the molecule is CC(C)(C)NCc1ccc(C(=O)CCCO)cc1. The van der Waals surface area contributed by atoms with Gasteiger partial charge < -0.3 is 10.4 Å². The van der Waals surface area contributed by atoms with E-state index in [2.05, 4.69) is 26.1 Å². The van der Waals surface area contributed by atoms with Crippen molar-refractivity contribution in [2.75, 3.05) is 6.61 Å². The normalized spacial score (nSPS) is 11.6. The van der Waals surface area contributed by atoms with Gasteiger partial charge in [-0.15, -0.1) is 0 Å². The molecule has 0 aliphatic rings. The Morgan fingerprint density at radius 2 is 1.83 bits per heavy atom. The number of carbonyl (C=O) groups excluding carboxylic acids is 1. The maximum atomic E-state index is 11.7. The number of Topliss-reactive ketones (excluding diaryl/α,β-unsaturated/α-hetero) is 1. The fourth-order valence-corrected chi connectivity index (χ4v) is 1.56. The van der Waals surface area contributed by atoms with Gasteiger partial charge in [0.1, 0.15) is 0 Å². The van der Waals surface area contributed by atoms with Crippen molar-refractivity contribution in [1.29, 1.82) is 0 Å². The summed E-state index contributed by atoms with van der Waals surface area (Å²) in [6.45, 7) is 7.24. The lowest BCUT2D eigenvalue weighted by atomic mass is 10.0. The molecule has 1 aromatic rings. The highest BCUT2D eigenvalue weighted by Crippen LogP contribution is 2.09. The topological polar surface area (TPSA) is 49.3 Å². The number of nitrogens with one attached hydrogen (secondary N) is 1. The third-order valence-electron chi connectivity index (χ3n) is 2.66. The van der Waals surface area contributed by atoms with Gasteiger partial charge in [-0.25, -0.2) is 0 Å². The zero-order chi connectivity index (χ0) is 13.6. The molecule has 0 unspecified atom stereocenters. The highest BCUT2D eigenvalue weighted by Gasteiger charge is 2.09. The van der Waals surface area contributed by atoms with Gasteiger partial charge in [-0.2, -0.15) is 0 Å². The number of hydrogen-bond acceptors (Lipinski definition) is 3. The monoisotopic (exact) mass is 249 g/mol. The Balaban J connectivity index is 2.54. The fourth-order valence-electron chi connectivity index (χ4n) is 1.56. The van der Waals surface area contributed by atoms with Gasteiger partial charge in [-0.3, -0.25) is 4.79 Å². The van der Waals surface area contributed by atoms with Crippen LogP contribution in [-0.4, -0.2) is 23.0 Å².